The molecule has 0 unspecified atom stereocenters. The van der Waals surface area contributed by atoms with Crippen molar-refractivity contribution in [3.8, 4) is 22.8 Å². The maximum atomic E-state index is 13.3. The Hall–Kier alpha value is -4.20. The Balaban J connectivity index is 1.31. The SMILES string of the molecule is Cc1cccc(Oc2cncc([C@H]3CCCN(C(=O)c4cncc(-c5cncnc5)c4)C3)n2)c1. The fourth-order valence-corrected chi connectivity index (χ4v) is 4.16. The number of ether oxygens (including phenoxy) is 1. The second-order valence-corrected chi connectivity index (χ2v) is 8.38. The zero-order valence-electron chi connectivity index (χ0n) is 18.8. The van der Waals surface area contributed by atoms with E-state index in [4.69, 9.17) is 9.72 Å². The molecule has 4 heterocycles. The maximum Gasteiger partial charge on any atom is 0.255 e. The van der Waals surface area contributed by atoms with E-state index in [2.05, 4.69) is 19.9 Å². The van der Waals surface area contributed by atoms with Gasteiger partial charge < -0.3 is 9.64 Å². The predicted molar refractivity (Wildman–Crippen MR) is 126 cm³/mol. The van der Waals surface area contributed by atoms with Crippen molar-refractivity contribution in [3.05, 3.63) is 90.7 Å². The molecular formula is C26H24N6O2. The molecule has 1 saturated heterocycles. The molecule has 1 aliphatic heterocycles. The molecule has 5 rings (SSSR count). The smallest absolute Gasteiger partial charge is 0.255 e. The summed E-state index contributed by atoms with van der Waals surface area (Å²) in [6, 6.07) is 9.65. The van der Waals surface area contributed by atoms with Crippen LogP contribution >= 0.6 is 0 Å². The number of aromatic nitrogens is 5. The van der Waals surface area contributed by atoms with E-state index in [0.717, 1.165) is 41.0 Å². The summed E-state index contributed by atoms with van der Waals surface area (Å²) >= 11 is 0. The number of carbonyl (C=O) groups is 1. The predicted octanol–water partition coefficient (Wildman–Crippen LogP) is 4.45. The first kappa shape index (κ1) is 21.6. The van der Waals surface area contributed by atoms with Crippen molar-refractivity contribution >= 4 is 5.91 Å². The normalized spacial score (nSPS) is 15.7. The number of aryl methyl sites for hydroxylation is 1. The van der Waals surface area contributed by atoms with Crippen molar-refractivity contribution in [3.63, 3.8) is 0 Å². The van der Waals surface area contributed by atoms with Gasteiger partial charge >= 0.3 is 0 Å². The fraction of sp³-hybridized carbons (Fsp3) is 0.231. The summed E-state index contributed by atoms with van der Waals surface area (Å²) in [6.07, 6.45) is 13.4. The van der Waals surface area contributed by atoms with Gasteiger partial charge in [-0.15, -0.1) is 0 Å². The number of benzene rings is 1. The van der Waals surface area contributed by atoms with Gasteiger partial charge in [0, 0.05) is 61.1 Å². The lowest BCUT2D eigenvalue weighted by molar-refractivity contribution is 0.0705. The molecule has 0 spiro atoms. The van der Waals surface area contributed by atoms with Gasteiger partial charge in [-0.05, 0) is 43.5 Å². The van der Waals surface area contributed by atoms with E-state index in [-0.39, 0.29) is 11.8 Å². The molecule has 1 amide bonds. The first-order valence-corrected chi connectivity index (χ1v) is 11.2. The Morgan fingerprint density at radius 2 is 1.79 bits per heavy atom. The number of carbonyl (C=O) groups excluding carboxylic acids is 1. The quantitative estimate of drug-likeness (QED) is 0.442. The number of hydrogen-bond donors (Lipinski definition) is 0. The molecule has 3 aromatic heterocycles. The molecule has 0 aliphatic carbocycles. The third-order valence-electron chi connectivity index (χ3n) is 5.85. The summed E-state index contributed by atoms with van der Waals surface area (Å²) in [6.45, 7) is 3.28. The molecule has 34 heavy (non-hydrogen) atoms. The molecule has 1 aliphatic rings. The molecule has 0 bridgehead atoms. The van der Waals surface area contributed by atoms with Crippen LogP contribution in [0.25, 0.3) is 11.1 Å². The lowest BCUT2D eigenvalue weighted by Gasteiger charge is -2.32. The minimum Gasteiger partial charge on any atom is -0.437 e. The molecular weight excluding hydrogens is 428 g/mol. The Bertz CT molecular complexity index is 1300. The zero-order valence-corrected chi connectivity index (χ0v) is 18.8. The van der Waals surface area contributed by atoms with E-state index in [0.29, 0.717) is 24.5 Å². The van der Waals surface area contributed by atoms with E-state index < -0.39 is 0 Å². The van der Waals surface area contributed by atoms with Crippen LogP contribution in [0.4, 0.5) is 0 Å². The van der Waals surface area contributed by atoms with Crippen LogP contribution in [0.1, 0.15) is 40.4 Å². The standard InChI is InChI=1S/C26H24N6O2/c1-18-4-2-6-23(8-18)34-25-15-28-14-24(31-25)19-5-3-7-32(16-19)26(33)21-9-20(10-27-11-21)22-12-29-17-30-13-22/h2,4,6,8-15,17,19H,3,5,7,16H2,1H3/t19-/m0/s1. The van der Waals surface area contributed by atoms with Crippen LogP contribution < -0.4 is 4.74 Å². The van der Waals surface area contributed by atoms with Crippen LogP contribution in [0, 0.1) is 6.92 Å². The summed E-state index contributed by atoms with van der Waals surface area (Å²) in [5, 5.41) is 0. The van der Waals surface area contributed by atoms with E-state index >= 15 is 0 Å². The third-order valence-corrected chi connectivity index (χ3v) is 5.85. The van der Waals surface area contributed by atoms with Gasteiger partial charge in [0.15, 0.2) is 0 Å². The van der Waals surface area contributed by atoms with Gasteiger partial charge in [0.1, 0.15) is 12.1 Å². The van der Waals surface area contributed by atoms with Crippen LogP contribution in [0.15, 0.2) is 73.8 Å². The maximum absolute atomic E-state index is 13.3. The minimum atomic E-state index is -0.0453. The molecule has 8 nitrogen and oxygen atoms in total. The van der Waals surface area contributed by atoms with Crippen molar-refractivity contribution in [2.75, 3.05) is 13.1 Å². The Morgan fingerprint density at radius 1 is 0.971 bits per heavy atom. The van der Waals surface area contributed by atoms with Crippen molar-refractivity contribution in [1.29, 1.82) is 0 Å². The van der Waals surface area contributed by atoms with Crippen LogP contribution in [0.3, 0.4) is 0 Å². The number of rotatable bonds is 5. The molecule has 1 aromatic carbocycles. The van der Waals surface area contributed by atoms with Gasteiger partial charge in [-0.1, -0.05) is 12.1 Å². The molecule has 0 radical (unpaired) electrons. The summed E-state index contributed by atoms with van der Waals surface area (Å²) in [5.41, 5.74) is 4.12. The van der Waals surface area contributed by atoms with Crippen LogP contribution in [-0.4, -0.2) is 48.8 Å². The average molecular weight is 453 g/mol. The molecule has 4 aromatic rings. The zero-order chi connectivity index (χ0) is 23.3. The molecule has 1 fully saturated rings. The van der Waals surface area contributed by atoms with Gasteiger partial charge in [-0.2, -0.15) is 0 Å². The summed E-state index contributed by atoms with van der Waals surface area (Å²) < 4.78 is 5.92. The molecule has 0 N–H and O–H groups in total. The largest absolute Gasteiger partial charge is 0.437 e. The summed E-state index contributed by atoms with van der Waals surface area (Å²) in [5.74, 6) is 1.22. The number of pyridine rings is 1. The first-order chi connectivity index (χ1) is 16.7. The summed E-state index contributed by atoms with van der Waals surface area (Å²) in [4.78, 5) is 36.6. The van der Waals surface area contributed by atoms with Crippen molar-refractivity contribution in [2.45, 2.75) is 25.7 Å². The topological polar surface area (TPSA) is 94.0 Å². The summed E-state index contributed by atoms with van der Waals surface area (Å²) in [7, 11) is 0. The van der Waals surface area contributed by atoms with Gasteiger partial charge in [-0.25, -0.2) is 15.0 Å². The second-order valence-electron chi connectivity index (χ2n) is 8.38. The van der Waals surface area contributed by atoms with Crippen LogP contribution in [0.2, 0.25) is 0 Å². The van der Waals surface area contributed by atoms with Crippen LogP contribution in [0.5, 0.6) is 11.6 Å². The molecule has 8 heteroatoms. The van der Waals surface area contributed by atoms with Crippen molar-refractivity contribution in [2.24, 2.45) is 0 Å². The lowest BCUT2D eigenvalue weighted by atomic mass is 9.94. The highest BCUT2D eigenvalue weighted by molar-refractivity contribution is 5.95. The van der Waals surface area contributed by atoms with Crippen molar-refractivity contribution in [1.82, 2.24) is 29.8 Å². The monoisotopic (exact) mass is 452 g/mol. The Kier molecular flexibility index (Phi) is 6.20. The van der Waals surface area contributed by atoms with Gasteiger partial charge in [0.05, 0.1) is 17.5 Å². The molecule has 0 saturated carbocycles. The second kappa shape index (κ2) is 9.74. The van der Waals surface area contributed by atoms with E-state index in [1.807, 2.05) is 42.2 Å². The molecule has 1 atom stereocenters. The Morgan fingerprint density at radius 3 is 2.65 bits per heavy atom. The van der Waals surface area contributed by atoms with E-state index in [9.17, 15) is 4.79 Å². The van der Waals surface area contributed by atoms with E-state index in [1.165, 1.54) is 6.33 Å². The fourth-order valence-electron chi connectivity index (χ4n) is 4.16. The highest BCUT2D eigenvalue weighted by atomic mass is 16.5. The van der Waals surface area contributed by atoms with E-state index in [1.54, 1.807) is 37.2 Å². The minimum absolute atomic E-state index is 0.0453. The third kappa shape index (κ3) is 4.91. The highest BCUT2D eigenvalue weighted by Gasteiger charge is 2.27. The number of amides is 1. The molecule has 170 valence electrons. The average Bonchev–Trinajstić information content (AvgIpc) is 2.89. The van der Waals surface area contributed by atoms with Crippen molar-refractivity contribution < 1.29 is 9.53 Å². The highest BCUT2D eigenvalue weighted by Crippen LogP contribution is 2.29. The number of hydrogen-bond acceptors (Lipinski definition) is 7. The first-order valence-electron chi connectivity index (χ1n) is 11.2. The number of piperidine rings is 1. The number of nitrogens with zero attached hydrogens (tertiary/aromatic N) is 6. The van der Waals surface area contributed by atoms with Gasteiger partial charge in [0.25, 0.3) is 5.91 Å². The Labute approximate surface area is 197 Å². The van der Waals surface area contributed by atoms with Gasteiger partial charge in [0.2, 0.25) is 5.88 Å². The lowest BCUT2D eigenvalue weighted by Crippen LogP contribution is -2.39. The van der Waals surface area contributed by atoms with Crippen LogP contribution in [-0.2, 0) is 0 Å². The number of likely N-dealkylation sites (tertiary alicyclic amines) is 1. The van der Waals surface area contributed by atoms with Gasteiger partial charge in [-0.3, -0.25) is 14.8 Å².